The van der Waals surface area contributed by atoms with Gasteiger partial charge in [0.05, 0.1) is 11.9 Å². The Labute approximate surface area is 122 Å². The summed E-state index contributed by atoms with van der Waals surface area (Å²) in [6, 6.07) is 2.04. The van der Waals surface area contributed by atoms with Gasteiger partial charge in [-0.15, -0.1) is 11.3 Å². The third-order valence-electron chi connectivity index (χ3n) is 2.78. The molecular weight excluding hydrogens is 274 g/mol. The molecule has 2 aromatic rings. The van der Waals surface area contributed by atoms with Crippen molar-refractivity contribution >= 4 is 39.2 Å². The van der Waals surface area contributed by atoms with Crippen molar-refractivity contribution in [2.75, 3.05) is 30.4 Å². The van der Waals surface area contributed by atoms with Gasteiger partial charge in [0.2, 0.25) is 11.9 Å². The Morgan fingerprint density at radius 3 is 2.90 bits per heavy atom. The van der Waals surface area contributed by atoms with Crippen LogP contribution in [0.15, 0.2) is 6.07 Å². The van der Waals surface area contributed by atoms with Crippen molar-refractivity contribution in [3.63, 3.8) is 0 Å². The van der Waals surface area contributed by atoms with E-state index in [1.54, 1.807) is 16.2 Å². The Morgan fingerprint density at radius 2 is 2.25 bits per heavy atom. The van der Waals surface area contributed by atoms with Crippen LogP contribution in [-0.4, -0.2) is 36.0 Å². The lowest BCUT2D eigenvalue weighted by molar-refractivity contribution is -0.116. The number of anilines is 2. The summed E-state index contributed by atoms with van der Waals surface area (Å²) >= 11 is 1.62. The molecule has 0 aromatic carbocycles. The van der Waals surface area contributed by atoms with Crippen LogP contribution >= 0.6 is 11.3 Å². The topological polar surface area (TPSA) is 84.1 Å². The van der Waals surface area contributed by atoms with Crippen molar-refractivity contribution in [3.05, 3.63) is 10.9 Å². The highest BCUT2D eigenvalue weighted by atomic mass is 32.1. The number of nitrogens with one attached hydrogen (secondary N) is 1. The minimum Gasteiger partial charge on any atom is -0.368 e. The molecule has 0 aliphatic carbocycles. The van der Waals surface area contributed by atoms with E-state index in [9.17, 15) is 4.79 Å². The number of hydrogen-bond donors (Lipinski definition) is 2. The van der Waals surface area contributed by atoms with Crippen LogP contribution in [0.4, 0.5) is 11.8 Å². The molecule has 0 fully saturated rings. The molecule has 0 radical (unpaired) electrons. The summed E-state index contributed by atoms with van der Waals surface area (Å²) in [5.41, 5.74) is 5.26. The SMILES string of the molecule is CCCNc1nc(N(C)CC(N)=O)c2cc(C)sc2n1. The fourth-order valence-corrected chi connectivity index (χ4v) is 2.82. The lowest BCUT2D eigenvalue weighted by Crippen LogP contribution is -2.31. The first-order chi connectivity index (χ1) is 9.51. The molecule has 0 spiro atoms. The molecule has 3 N–H and O–H groups in total. The van der Waals surface area contributed by atoms with Crippen LogP contribution in [0.5, 0.6) is 0 Å². The number of fused-ring (bicyclic) bond motifs is 1. The van der Waals surface area contributed by atoms with Gasteiger partial charge >= 0.3 is 0 Å². The minimum absolute atomic E-state index is 0.133. The molecule has 2 rings (SSSR count). The summed E-state index contributed by atoms with van der Waals surface area (Å²) in [4.78, 5) is 24.0. The highest BCUT2D eigenvalue weighted by Crippen LogP contribution is 2.31. The number of likely N-dealkylation sites (N-methyl/N-ethyl adjacent to an activating group) is 1. The molecule has 1 amide bonds. The zero-order chi connectivity index (χ0) is 14.7. The molecule has 20 heavy (non-hydrogen) atoms. The van der Waals surface area contributed by atoms with Crippen LogP contribution in [0.25, 0.3) is 10.2 Å². The Morgan fingerprint density at radius 1 is 1.50 bits per heavy atom. The summed E-state index contributed by atoms with van der Waals surface area (Å²) < 4.78 is 0. The predicted octanol–water partition coefficient (Wildman–Crippen LogP) is 1.74. The van der Waals surface area contributed by atoms with Gasteiger partial charge in [0.1, 0.15) is 10.6 Å². The van der Waals surface area contributed by atoms with Crippen molar-refractivity contribution in [2.24, 2.45) is 5.73 Å². The van der Waals surface area contributed by atoms with E-state index in [-0.39, 0.29) is 12.5 Å². The molecule has 6 nitrogen and oxygen atoms in total. The molecule has 0 aliphatic rings. The Kier molecular flexibility index (Phi) is 4.39. The van der Waals surface area contributed by atoms with E-state index >= 15 is 0 Å². The number of aromatic nitrogens is 2. The summed E-state index contributed by atoms with van der Waals surface area (Å²) in [6.07, 6.45) is 0.997. The number of carbonyl (C=O) groups is 1. The Balaban J connectivity index is 2.45. The summed E-state index contributed by atoms with van der Waals surface area (Å²) in [6.45, 7) is 5.06. The number of nitrogens with two attached hydrogens (primary N) is 1. The predicted molar refractivity (Wildman–Crippen MR) is 83.4 cm³/mol. The fraction of sp³-hybridized carbons (Fsp3) is 0.462. The van der Waals surface area contributed by atoms with Gasteiger partial charge in [-0.3, -0.25) is 4.79 Å². The quantitative estimate of drug-likeness (QED) is 0.847. The van der Waals surface area contributed by atoms with Crippen molar-refractivity contribution < 1.29 is 4.79 Å². The van der Waals surface area contributed by atoms with E-state index in [0.29, 0.717) is 5.95 Å². The molecule has 7 heteroatoms. The van der Waals surface area contributed by atoms with Gasteiger partial charge in [-0.1, -0.05) is 6.92 Å². The molecule has 0 atom stereocenters. The van der Waals surface area contributed by atoms with E-state index in [2.05, 4.69) is 22.2 Å². The first-order valence-electron chi connectivity index (χ1n) is 6.52. The van der Waals surface area contributed by atoms with Crippen molar-refractivity contribution in [2.45, 2.75) is 20.3 Å². The second-order valence-electron chi connectivity index (χ2n) is 4.70. The van der Waals surface area contributed by atoms with Gasteiger partial charge in [-0.2, -0.15) is 4.98 Å². The lowest BCUT2D eigenvalue weighted by Gasteiger charge is -2.18. The van der Waals surface area contributed by atoms with Gasteiger partial charge in [-0.25, -0.2) is 4.98 Å². The number of carbonyl (C=O) groups excluding carboxylic acids is 1. The molecule has 108 valence electrons. The first-order valence-corrected chi connectivity index (χ1v) is 7.34. The summed E-state index contributed by atoms with van der Waals surface area (Å²) in [5, 5.41) is 4.14. The van der Waals surface area contributed by atoms with Gasteiger partial charge in [-0.05, 0) is 19.4 Å². The van der Waals surface area contributed by atoms with Gasteiger partial charge in [0, 0.05) is 18.5 Å². The van der Waals surface area contributed by atoms with E-state index in [1.807, 2.05) is 20.0 Å². The second kappa shape index (κ2) is 6.04. The standard InChI is InChI=1S/C13H19N5OS/c1-4-5-15-13-16-11(18(3)7-10(14)19)9-6-8(2)20-12(9)17-13/h6H,4-5,7H2,1-3H3,(H2,14,19)(H,15,16,17). The highest BCUT2D eigenvalue weighted by Gasteiger charge is 2.15. The lowest BCUT2D eigenvalue weighted by atomic mass is 10.3. The van der Waals surface area contributed by atoms with E-state index in [0.717, 1.165) is 33.9 Å². The maximum absolute atomic E-state index is 11.1. The number of hydrogen-bond acceptors (Lipinski definition) is 6. The number of thiophene rings is 1. The van der Waals surface area contributed by atoms with Crippen LogP contribution in [0.3, 0.4) is 0 Å². The van der Waals surface area contributed by atoms with E-state index in [4.69, 9.17) is 5.73 Å². The second-order valence-corrected chi connectivity index (χ2v) is 5.93. The number of nitrogens with zero attached hydrogens (tertiary/aromatic N) is 3. The smallest absolute Gasteiger partial charge is 0.236 e. The average Bonchev–Trinajstić information content (AvgIpc) is 2.74. The summed E-state index contributed by atoms with van der Waals surface area (Å²) in [7, 11) is 1.81. The molecule has 0 aliphatic heterocycles. The number of amides is 1. The fourth-order valence-electron chi connectivity index (χ4n) is 1.94. The molecule has 0 unspecified atom stereocenters. The molecule has 0 bridgehead atoms. The largest absolute Gasteiger partial charge is 0.368 e. The average molecular weight is 293 g/mol. The zero-order valence-corrected chi connectivity index (χ0v) is 12.8. The maximum atomic E-state index is 11.1. The van der Waals surface area contributed by atoms with Crippen LogP contribution < -0.4 is 16.0 Å². The van der Waals surface area contributed by atoms with E-state index in [1.165, 1.54) is 0 Å². The molecule has 0 saturated carbocycles. The van der Waals surface area contributed by atoms with Gasteiger partial charge < -0.3 is 16.0 Å². The Bertz CT molecular complexity index is 624. The normalized spacial score (nSPS) is 10.8. The number of aryl methyl sites for hydroxylation is 1. The highest BCUT2D eigenvalue weighted by molar-refractivity contribution is 7.18. The summed E-state index contributed by atoms with van der Waals surface area (Å²) in [5.74, 6) is 0.943. The molecular formula is C13H19N5OS. The van der Waals surface area contributed by atoms with Crippen LogP contribution in [0.1, 0.15) is 18.2 Å². The Hall–Kier alpha value is -1.89. The maximum Gasteiger partial charge on any atom is 0.236 e. The molecule has 0 saturated heterocycles. The van der Waals surface area contributed by atoms with Gasteiger partial charge in [0.15, 0.2) is 0 Å². The van der Waals surface area contributed by atoms with Gasteiger partial charge in [0.25, 0.3) is 0 Å². The van der Waals surface area contributed by atoms with Crippen LogP contribution in [0.2, 0.25) is 0 Å². The first kappa shape index (κ1) is 14.5. The van der Waals surface area contributed by atoms with Crippen molar-refractivity contribution in [3.8, 4) is 0 Å². The number of rotatable bonds is 6. The molecule has 2 aromatic heterocycles. The number of primary amides is 1. The third kappa shape index (κ3) is 3.16. The van der Waals surface area contributed by atoms with E-state index < -0.39 is 0 Å². The third-order valence-corrected chi connectivity index (χ3v) is 3.73. The van der Waals surface area contributed by atoms with Crippen LogP contribution in [0, 0.1) is 6.92 Å². The van der Waals surface area contributed by atoms with Crippen molar-refractivity contribution in [1.29, 1.82) is 0 Å². The monoisotopic (exact) mass is 293 g/mol. The van der Waals surface area contributed by atoms with Crippen LogP contribution in [-0.2, 0) is 4.79 Å². The minimum atomic E-state index is -0.380. The zero-order valence-electron chi connectivity index (χ0n) is 11.9. The van der Waals surface area contributed by atoms with Crippen molar-refractivity contribution in [1.82, 2.24) is 9.97 Å². The molecule has 2 heterocycles.